The van der Waals surface area contributed by atoms with Crippen LogP contribution >= 0.6 is 0 Å². The maximum Gasteiger partial charge on any atom is 0.0836 e. The van der Waals surface area contributed by atoms with Crippen LogP contribution < -0.4 is 0 Å². The molecule has 0 fully saturated rings. The number of hydrogen-bond acceptors (Lipinski definition) is 2. The molecule has 0 spiro atoms. The van der Waals surface area contributed by atoms with Crippen LogP contribution in [0.4, 0.5) is 0 Å². The number of fused-ring (bicyclic) bond motifs is 1. The van der Waals surface area contributed by atoms with Crippen molar-refractivity contribution in [2.24, 2.45) is 0 Å². The van der Waals surface area contributed by atoms with Gasteiger partial charge in [-0.05, 0) is 65.5 Å². The second-order valence-corrected chi connectivity index (χ2v) is 7.64. The molecule has 20 heavy (non-hydrogen) atoms. The van der Waals surface area contributed by atoms with Crippen LogP contribution in [0.3, 0.4) is 0 Å². The highest BCUT2D eigenvalue weighted by molar-refractivity contribution is 5.33. The first kappa shape index (κ1) is 15.5. The second kappa shape index (κ2) is 5.50. The van der Waals surface area contributed by atoms with Gasteiger partial charge in [0.05, 0.1) is 23.4 Å². The summed E-state index contributed by atoms with van der Waals surface area (Å²) in [5.41, 5.74) is 2.36. The molecular weight excluding hydrogens is 248 g/mol. The van der Waals surface area contributed by atoms with E-state index in [9.17, 15) is 0 Å². The van der Waals surface area contributed by atoms with Gasteiger partial charge in [-0.3, -0.25) is 0 Å². The Balaban J connectivity index is 2.25. The van der Waals surface area contributed by atoms with Gasteiger partial charge < -0.3 is 9.47 Å². The number of rotatable bonds is 2. The first-order chi connectivity index (χ1) is 9.16. The van der Waals surface area contributed by atoms with Crippen LogP contribution in [-0.4, -0.2) is 11.2 Å². The van der Waals surface area contributed by atoms with Gasteiger partial charge in [0.2, 0.25) is 0 Å². The second-order valence-electron chi connectivity index (χ2n) is 7.64. The van der Waals surface area contributed by atoms with E-state index < -0.39 is 0 Å². The predicted molar refractivity (Wildman–Crippen MR) is 82.8 cm³/mol. The monoisotopic (exact) mass is 276 g/mol. The maximum atomic E-state index is 6.23. The summed E-state index contributed by atoms with van der Waals surface area (Å²) in [6.07, 6.45) is 2.42. The zero-order chi connectivity index (χ0) is 15.0. The molecule has 112 valence electrons. The van der Waals surface area contributed by atoms with E-state index in [2.05, 4.69) is 65.8 Å². The van der Waals surface area contributed by atoms with E-state index in [1.165, 1.54) is 11.1 Å². The molecule has 2 rings (SSSR count). The first-order valence-corrected chi connectivity index (χ1v) is 7.60. The molecule has 0 bridgehead atoms. The molecule has 0 saturated carbocycles. The fraction of sp³-hybridized carbons (Fsp3) is 0.667. The van der Waals surface area contributed by atoms with E-state index in [-0.39, 0.29) is 23.4 Å². The van der Waals surface area contributed by atoms with Crippen molar-refractivity contribution in [3.8, 4) is 0 Å². The highest BCUT2D eigenvalue weighted by atomic mass is 16.5. The topological polar surface area (TPSA) is 18.5 Å². The van der Waals surface area contributed by atoms with Gasteiger partial charge in [-0.15, -0.1) is 0 Å². The minimum atomic E-state index is -0.116. The normalized spacial score (nSPS) is 23.5. The standard InChI is InChI=1S/C18H28O2/c1-17(2,3)19-15-11-12-16(20-18(4,5)6)14-10-8-7-9-13(14)15/h7-10,15-16H,11-12H2,1-6H3. The van der Waals surface area contributed by atoms with Gasteiger partial charge in [0.25, 0.3) is 0 Å². The third kappa shape index (κ3) is 4.07. The van der Waals surface area contributed by atoms with Gasteiger partial charge in [0, 0.05) is 0 Å². The molecule has 1 aliphatic rings. The largest absolute Gasteiger partial charge is 0.368 e. The molecule has 2 atom stereocenters. The molecule has 2 heteroatoms. The quantitative estimate of drug-likeness (QED) is 0.739. The third-order valence-electron chi connectivity index (χ3n) is 3.37. The molecule has 2 nitrogen and oxygen atoms in total. The summed E-state index contributed by atoms with van der Waals surface area (Å²) in [4.78, 5) is 0. The maximum absolute atomic E-state index is 6.23. The molecule has 0 saturated heterocycles. The Labute approximate surface area is 123 Å². The SMILES string of the molecule is CC(C)(C)OC1CCC(OC(C)(C)C)c2ccccc21. The van der Waals surface area contributed by atoms with Crippen molar-refractivity contribution < 1.29 is 9.47 Å². The average molecular weight is 276 g/mol. The van der Waals surface area contributed by atoms with Crippen LogP contribution in [-0.2, 0) is 9.47 Å². The molecule has 0 amide bonds. The van der Waals surface area contributed by atoms with Crippen LogP contribution in [0, 0.1) is 0 Å². The van der Waals surface area contributed by atoms with Crippen molar-refractivity contribution in [3.63, 3.8) is 0 Å². The predicted octanol–water partition coefficient (Wildman–Crippen LogP) is 5.19. The molecule has 0 aliphatic heterocycles. The van der Waals surface area contributed by atoms with E-state index in [0.717, 1.165) is 12.8 Å². The molecule has 1 aliphatic carbocycles. The van der Waals surface area contributed by atoms with E-state index in [0.29, 0.717) is 0 Å². The highest BCUT2D eigenvalue weighted by Crippen LogP contribution is 2.42. The summed E-state index contributed by atoms with van der Waals surface area (Å²) in [7, 11) is 0. The minimum absolute atomic E-state index is 0.116. The fourth-order valence-corrected chi connectivity index (χ4v) is 2.81. The van der Waals surface area contributed by atoms with Crippen molar-refractivity contribution in [1.82, 2.24) is 0 Å². The van der Waals surface area contributed by atoms with Crippen molar-refractivity contribution in [2.75, 3.05) is 0 Å². The van der Waals surface area contributed by atoms with Crippen LogP contribution in [0.25, 0.3) is 0 Å². The number of hydrogen-bond donors (Lipinski definition) is 0. The van der Waals surface area contributed by atoms with Crippen molar-refractivity contribution >= 4 is 0 Å². The summed E-state index contributed by atoms with van der Waals surface area (Å²) in [5, 5.41) is 0. The molecule has 1 aromatic rings. The average Bonchev–Trinajstić information content (AvgIpc) is 2.29. The lowest BCUT2D eigenvalue weighted by atomic mass is 9.86. The van der Waals surface area contributed by atoms with Gasteiger partial charge in [0.1, 0.15) is 0 Å². The Morgan fingerprint density at radius 1 is 0.750 bits per heavy atom. The molecule has 0 N–H and O–H groups in total. The molecule has 2 unspecified atom stereocenters. The van der Waals surface area contributed by atoms with Crippen LogP contribution in [0.2, 0.25) is 0 Å². The Kier molecular flexibility index (Phi) is 4.27. The van der Waals surface area contributed by atoms with Crippen molar-refractivity contribution in [2.45, 2.75) is 77.8 Å². The van der Waals surface area contributed by atoms with E-state index in [1.807, 2.05) is 0 Å². The summed E-state index contributed by atoms with van der Waals surface area (Å²) >= 11 is 0. The summed E-state index contributed by atoms with van der Waals surface area (Å²) < 4.78 is 12.5. The van der Waals surface area contributed by atoms with Crippen LogP contribution in [0.15, 0.2) is 24.3 Å². The molecule has 1 aromatic carbocycles. The first-order valence-electron chi connectivity index (χ1n) is 7.60. The molecular formula is C18H28O2. The van der Waals surface area contributed by atoms with Gasteiger partial charge in [-0.2, -0.15) is 0 Å². The van der Waals surface area contributed by atoms with Crippen molar-refractivity contribution in [1.29, 1.82) is 0 Å². The van der Waals surface area contributed by atoms with Gasteiger partial charge in [-0.1, -0.05) is 24.3 Å². The molecule has 0 aromatic heterocycles. The van der Waals surface area contributed by atoms with E-state index in [4.69, 9.17) is 9.47 Å². The van der Waals surface area contributed by atoms with Gasteiger partial charge in [-0.25, -0.2) is 0 Å². The summed E-state index contributed by atoms with van der Waals surface area (Å²) in [6.45, 7) is 12.7. The minimum Gasteiger partial charge on any atom is -0.368 e. The summed E-state index contributed by atoms with van der Waals surface area (Å²) in [6, 6.07) is 8.56. The molecule has 0 heterocycles. The van der Waals surface area contributed by atoms with Crippen molar-refractivity contribution in [3.05, 3.63) is 35.4 Å². The Morgan fingerprint density at radius 2 is 1.10 bits per heavy atom. The lowest BCUT2D eigenvalue weighted by molar-refractivity contribution is -0.103. The van der Waals surface area contributed by atoms with Gasteiger partial charge >= 0.3 is 0 Å². The lowest BCUT2D eigenvalue weighted by Gasteiger charge is -2.37. The van der Waals surface area contributed by atoms with Crippen LogP contribution in [0.1, 0.15) is 77.7 Å². The number of ether oxygens (including phenoxy) is 2. The number of benzene rings is 1. The zero-order valence-corrected chi connectivity index (χ0v) is 13.7. The highest BCUT2D eigenvalue weighted by Gasteiger charge is 2.32. The fourth-order valence-electron chi connectivity index (χ4n) is 2.81. The Morgan fingerprint density at radius 3 is 1.40 bits per heavy atom. The van der Waals surface area contributed by atoms with E-state index >= 15 is 0 Å². The Hall–Kier alpha value is -0.860. The Bertz CT molecular complexity index is 408. The zero-order valence-electron chi connectivity index (χ0n) is 13.7. The summed E-state index contributed by atoms with van der Waals surface area (Å²) in [5.74, 6) is 0. The van der Waals surface area contributed by atoms with E-state index in [1.54, 1.807) is 0 Å². The van der Waals surface area contributed by atoms with Crippen LogP contribution in [0.5, 0.6) is 0 Å². The lowest BCUT2D eigenvalue weighted by Crippen LogP contribution is -2.29. The smallest absolute Gasteiger partial charge is 0.0836 e. The molecule has 0 radical (unpaired) electrons. The third-order valence-corrected chi connectivity index (χ3v) is 3.37. The van der Waals surface area contributed by atoms with Gasteiger partial charge in [0.15, 0.2) is 0 Å².